The molecule has 0 atom stereocenters. The molecule has 72 valence electrons. The van der Waals surface area contributed by atoms with Gasteiger partial charge in [-0.3, -0.25) is 14.9 Å². The van der Waals surface area contributed by atoms with E-state index in [1.807, 2.05) is 6.92 Å². The molecule has 1 rings (SSSR count). The first-order chi connectivity index (χ1) is 6.13. The highest BCUT2D eigenvalue weighted by atomic mass is 16.2. The van der Waals surface area contributed by atoms with Gasteiger partial charge in [-0.2, -0.15) is 4.99 Å². The van der Waals surface area contributed by atoms with Crippen molar-refractivity contribution in [3.63, 3.8) is 0 Å². The van der Waals surface area contributed by atoms with Gasteiger partial charge in [0.25, 0.3) is 0 Å². The lowest BCUT2D eigenvalue weighted by Gasteiger charge is -2.07. The minimum Gasteiger partial charge on any atom is -0.336 e. The van der Waals surface area contributed by atoms with Crippen LogP contribution in [0, 0.1) is 0 Å². The van der Waals surface area contributed by atoms with E-state index in [2.05, 4.69) is 10.3 Å². The third-order valence-corrected chi connectivity index (χ3v) is 1.69. The zero-order valence-electron chi connectivity index (χ0n) is 7.83. The Kier molecular flexibility index (Phi) is 3.00. The molecule has 1 heterocycles. The number of hydrogen-bond donors (Lipinski definition) is 1. The van der Waals surface area contributed by atoms with Crippen LogP contribution < -0.4 is 5.32 Å². The van der Waals surface area contributed by atoms with Crippen molar-refractivity contribution in [1.82, 2.24) is 10.2 Å². The van der Waals surface area contributed by atoms with E-state index >= 15 is 0 Å². The highest BCUT2D eigenvalue weighted by Crippen LogP contribution is 1.97. The predicted octanol–water partition coefficient (Wildman–Crippen LogP) is -0.269. The fourth-order valence-electron chi connectivity index (χ4n) is 1.05. The Balaban J connectivity index is 2.60. The second kappa shape index (κ2) is 4.02. The SMILES string of the molecule is CCCC(=O)N=C1NC(=O)CN1C. The zero-order valence-corrected chi connectivity index (χ0v) is 7.83. The van der Waals surface area contributed by atoms with Crippen molar-refractivity contribution in [3.05, 3.63) is 0 Å². The van der Waals surface area contributed by atoms with Crippen LogP contribution in [0.1, 0.15) is 19.8 Å². The summed E-state index contributed by atoms with van der Waals surface area (Å²) >= 11 is 0. The van der Waals surface area contributed by atoms with Crippen LogP contribution in [0.3, 0.4) is 0 Å². The average Bonchev–Trinajstić information content (AvgIpc) is 2.30. The quantitative estimate of drug-likeness (QED) is 0.641. The molecule has 2 amide bonds. The van der Waals surface area contributed by atoms with Gasteiger partial charge in [-0.25, -0.2) is 0 Å². The standard InChI is InChI=1S/C8H13N3O2/c1-3-4-6(12)9-8-10-7(13)5-11(8)2/h3-5H2,1-2H3,(H,9,10,12,13). The summed E-state index contributed by atoms with van der Waals surface area (Å²) in [5, 5.41) is 2.51. The fraction of sp³-hybridized carbons (Fsp3) is 0.625. The van der Waals surface area contributed by atoms with E-state index < -0.39 is 0 Å². The summed E-state index contributed by atoms with van der Waals surface area (Å²) in [7, 11) is 1.72. The number of guanidine groups is 1. The monoisotopic (exact) mass is 183 g/mol. The Labute approximate surface area is 76.8 Å². The Morgan fingerprint density at radius 1 is 1.69 bits per heavy atom. The lowest BCUT2D eigenvalue weighted by Crippen LogP contribution is -2.28. The maximum absolute atomic E-state index is 11.1. The molecule has 0 aromatic carbocycles. The van der Waals surface area contributed by atoms with Gasteiger partial charge in [0, 0.05) is 13.5 Å². The van der Waals surface area contributed by atoms with Crippen LogP contribution in [0.4, 0.5) is 0 Å². The van der Waals surface area contributed by atoms with Gasteiger partial charge in [0.1, 0.15) is 0 Å². The minimum atomic E-state index is -0.188. The van der Waals surface area contributed by atoms with Crippen molar-refractivity contribution in [3.8, 4) is 0 Å². The number of aliphatic imine (C=N–C) groups is 1. The van der Waals surface area contributed by atoms with Crippen molar-refractivity contribution >= 4 is 17.8 Å². The Bertz CT molecular complexity index is 260. The average molecular weight is 183 g/mol. The number of nitrogens with zero attached hydrogens (tertiary/aromatic N) is 2. The molecule has 0 spiro atoms. The van der Waals surface area contributed by atoms with Gasteiger partial charge in [0.05, 0.1) is 6.54 Å². The molecule has 0 unspecified atom stereocenters. The summed E-state index contributed by atoms with van der Waals surface area (Å²) in [5.41, 5.74) is 0. The molecule has 5 nitrogen and oxygen atoms in total. The molecular weight excluding hydrogens is 170 g/mol. The summed E-state index contributed by atoms with van der Waals surface area (Å²) < 4.78 is 0. The fourth-order valence-corrected chi connectivity index (χ4v) is 1.05. The van der Waals surface area contributed by atoms with Gasteiger partial charge >= 0.3 is 0 Å². The lowest BCUT2D eigenvalue weighted by molar-refractivity contribution is -0.118. The number of nitrogens with one attached hydrogen (secondary N) is 1. The van der Waals surface area contributed by atoms with Crippen LogP contribution in [-0.4, -0.2) is 36.3 Å². The lowest BCUT2D eigenvalue weighted by atomic mass is 10.3. The number of carbonyl (C=O) groups is 2. The smallest absolute Gasteiger partial charge is 0.248 e. The highest BCUT2D eigenvalue weighted by Gasteiger charge is 2.21. The first kappa shape index (κ1) is 9.70. The first-order valence-electron chi connectivity index (χ1n) is 4.26. The Morgan fingerprint density at radius 2 is 2.38 bits per heavy atom. The van der Waals surface area contributed by atoms with Gasteiger partial charge < -0.3 is 4.90 Å². The molecule has 0 radical (unpaired) electrons. The molecule has 1 saturated heterocycles. The maximum Gasteiger partial charge on any atom is 0.248 e. The maximum atomic E-state index is 11.1. The summed E-state index contributed by atoms with van der Waals surface area (Å²) in [6, 6.07) is 0. The topological polar surface area (TPSA) is 61.8 Å². The number of likely N-dealkylation sites (N-methyl/N-ethyl adjacent to an activating group) is 1. The Hall–Kier alpha value is -1.39. The number of amides is 2. The molecule has 1 aliphatic heterocycles. The Morgan fingerprint density at radius 3 is 2.85 bits per heavy atom. The van der Waals surface area contributed by atoms with Crippen LogP contribution in [0.5, 0.6) is 0 Å². The summed E-state index contributed by atoms with van der Waals surface area (Å²) in [6.07, 6.45) is 1.19. The second-order valence-electron chi connectivity index (χ2n) is 2.98. The summed E-state index contributed by atoms with van der Waals surface area (Å²) in [5.74, 6) is 0.0561. The van der Waals surface area contributed by atoms with E-state index in [1.54, 1.807) is 11.9 Å². The molecule has 13 heavy (non-hydrogen) atoms. The van der Waals surface area contributed by atoms with E-state index in [1.165, 1.54) is 0 Å². The number of hydrogen-bond acceptors (Lipinski definition) is 2. The highest BCUT2D eigenvalue weighted by molar-refractivity contribution is 6.07. The van der Waals surface area contributed by atoms with Crippen molar-refractivity contribution in [2.24, 2.45) is 4.99 Å². The number of rotatable bonds is 2. The predicted molar refractivity (Wildman–Crippen MR) is 48.1 cm³/mol. The van der Waals surface area contributed by atoms with Crippen molar-refractivity contribution in [2.45, 2.75) is 19.8 Å². The third kappa shape index (κ3) is 2.54. The largest absolute Gasteiger partial charge is 0.336 e. The van der Waals surface area contributed by atoms with Gasteiger partial charge in [-0.15, -0.1) is 0 Å². The molecule has 0 aromatic heterocycles. The van der Waals surface area contributed by atoms with Crippen LogP contribution in [-0.2, 0) is 9.59 Å². The van der Waals surface area contributed by atoms with Crippen LogP contribution in [0.2, 0.25) is 0 Å². The number of carbonyl (C=O) groups excluding carboxylic acids is 2. The van der Waals surface area contributed by atoms with Gasteiger partial charge in [0.15, 0.2) is 0 Å². The summed E-state index contributed by atoms with van der Waals surface area (Å²) in [4.78, 5) is 27.3. The van der Waals surface area contributed by atoms with Crippen molar-refractivity contribution in [1.29, 1.82) is 0 Å². The van der Waals surface area contributed by atoms with Crippen LogP contribution in [0.25, 0.3) is 0 Å². The van der Waals surface area contributed by atoms with E-state index in [0.29, 0.717) is 12.4 Å². The first-order valence-corrected chi connectivity index (χ1v) is 4.26. The van der Waals surface area contributed by atoms with E-state index in [0.717, 1.165) is 6.42 Å². The normalized spacial score (nSPS) is 19.4. The van der Waals surface area contributed by atoms with Crippen LogP contribution >= 0.6 is 0 Å². The molecule has 0 saturated carbocycles. The summed E-state index contributed by atoms with van der Waals surface area (Å²) in [6.45, 7) is 2.19. The van der Waals surface area contributed by atoms with Crippen molar-refractivity contribution < 1.29 is 9.59 Å². The van der Waals surface area contributed by atoms with Crippen molar-refractivity contribution in [2.75, 3.05) is 13.6 Å². The molecule has 1 N–H and O–H groups in total. The van der Waals surface area contributed by atoms with Gasteiger partial charge in [-0.05, 0) is 6.42 Å². The molecule has 0 bridgehead atoms. The van der Waals surface area contributed by atoms with E-state index in [4.69, 9.17) is 0 Å². The van der Waals surface area contributed by atoms with E-state index in [-0.39, 0.29) is 18.4 Å². The van der Waals surface area contributed by atoms with Gasteiger partial charge in [-0.1, -0.05) is 6.92 Å². The zero-order chi connectivity index (χ0) is 9.84. The molecular formula is C8H13N3O2. The third-order valence-electron chi connectivity index (χ3n) is 1.69. The second-order valence-corrected chi connectivity index (χ2v) is 2.98. The molecule has 5 heteroatoms. The molecule has 1 aliphatic rings. The molecule has 1 fully saturated rings. The van der Waals surface area contributed by atoms with Crippen LogP contribution in [0.15, 0.2) is 4.99 Å². The minimum absolute atomic E-state index is 0.120. The van der Waals surface area contributed by atoms with E-state index in [9.17, 15) is 9.59 Å². The van der Waals surface area contributed by atoms with Gasteiger partial charge in [0.2, 0.25) is 17.8 Å². The molecule has 0 aliphatic carbocycles. The molecule has 0 aromatic rings.